The van der Waals surface area contributed by atoms with E-state index < -0.39 is 15.9 Å². The van der Waals surface area contributed by atoms with E-state index >= 15 is 0 Å². The molecule has 0 aliphatic carbocycles. The van der Waals surface area contributed by atoms with E-state index in [0.29, 0.717) is 11.3 Å². The number of hydrogen-bond donors (Lipinski definition) is 2. The summed E-state index contributed by atoms with van der Waals surface area (Å²) in [6.07, 6.45) is 1.63. The summed E-state index contributed by atoms with van der Waals surface area (Å²) in [4.78, 5) is 16.0. The SMILES string of the molecule is Cc1ccccc1S(=O)(=O)NCC(=O)NCc1ccccn1. The molecule has 116 valence electrons. The molecule has 0 atom stereocenters. The molecule has 2 rings (SSSR count). The molecule has 0 aliphatic rings. The molecule has 0 saturated carbocycles. The average molecular weight is 319 g/mol. The zero-order valence-corrected chi connectivity index (χ0v) is 12.9. The van der Waals surface area contributed by atoms with Gasteiger partial charge in [-0.25, -0.2) is 13.1 Å². The van der Waals surface area contributed by atoms with Crippen LogP contribution in [0.15, 0.2) is 53.6 Å². The molecule has 0 unspecified atom stereocenters. The Labute approximate surface area is 129 Å². The van der Waals surface area contributed by atoms with Gasteiger partial charge < -0.3 is 5.32 Å². The van der Waals surface area contributed by atoms with Crippen molar-refractivity contribution in [3.63, 3.8) is 0 Å². The highest BCUT2D eigenvalue weighted by Gasteiger charge is 2.17. The van der Waals surface area contributed by atoms with Crippen LogP contribution in [-0.4, -0.2) is 25.9 Å². The number of sulfonamides is 1. The number of carbonyl (C=O) groups excluding carboxylic acids is 1. The van der Waals surface area contributed by atoms with Crippen molar-refractivity contribution in [3.05, 3.63) is 59.9 Å². The Kier molecular flexibility index (Phi) is 5.24. The minimum atomic E-state index is -3.70. The highest BCUT2D eigenvalue weighted by atomic mass is 32.2. The van der Waals surface area contributed by atoms with Crippen molar-refractivity contribution in [1.29, 1.82) is 0 Å². The number of nitrogens with zero attached hydrogens (tertiary/aromatic N) is 1. The van der Waals surface area contributed by atoms with Gasteiger partial charge in [0.15, 0.2) is 0 Å². The summed E-state index contributed by atoms with van der Waals surface area (Å²) >= 11 is 0. The summed E-state index contributed by atoms with van der Waals surface area (Å²) in [6.45, 7) is 1.64. The zero-order valence-electron chi connectivity index (χ0n) is 12.1. The first-order valence-electron chi connectivity index (χ1n) is 6.71. The fraction of sp³-hybridized carbons (Fsp3) is 0.200. The first-order chi connectivity index (χ1) is 10.5. The van der Waals surface area contributed by atoms with Crippen molar-refractivity contribution >= 4 is 15.9 Å². The Morgan fingerprint density at radius 1 is 1.14 bits per heavy atom. The highest BCUT2D eigenvalue weighted by Crippen LogP contribution is 2.13. The monoisotopic (exact) mass is 319 g/mol. The van der Waals surface area contributed by atoms with Crippen molar-refractivity contribution in [3.8, 4) is 0 Å². The second-order valence-electron chi connectivity index (χ2n) is 4.69. The molecule has 0 fully saturated rings. The normalized spacial score (nSPS) is 11.1. The van der Waals surface area contributed by atoms with Gasteiger partial charge in [0.05, 0.1) is 23.7 Å². The lowest BCUT2D eigenvalue weighted by Crippen LogP contribution is -2.36. The molecule has 0 radical (unpaired) electrons. The number of benzene rings is 1. The number of aryl methyl sites for hydroxylation is 1. The van der Waals surface area contributed by atoms with Gasteiger partial charge in [-0.2, -0.15) is 0 Å². The fourth-order valence-electron chi connectivity index (χ4n) is 1.85. The number of pyridine rings is 1. The van der Waals surface area contributed by atoms with Crippen LogP contribution in [0, 0.1) is 6.92 Å². The van der Waals surface area contributed by atoms with Crippen LogP contribution >= 0.6 is 0 Å². The van der Waals surface area contributed by atoms with E-state index in [0.717, 1.165) is 0 Å². The van der Waals surface area contributed by atoms with E-state index in [1.165, 1.54) is 6.07 Å². The van der Waals surface area contributed by atoms with Crippen molar-refractivity contribution in [2.75, 3.05) is 6.54 Å². The van der Waals surface area contributed by atoms with E-state index in [4.69, 9.17) is 0 Å². The first kappa shape index (κ1) is 16.1. The minimum absolute atomic E-state index is 0.174. The van der Waals surface area contributed by atoms with Crippen LogP contribution in [0.3, 0.4) is 0 Å². The van der Waals surface area contributed by atoms with Gasteiger partial charge in [-0.05, 0) is 30.7 Å². The van der Waals surface area contributed by atoms with Crippen molar-refractivity contribution < 1.29 is 13.2 Å². The van der Waals surface area contributed by atoms with Gasteiger partial charge in [0, 0.05) is 6.20 Å². The smallest absolute Gasteiger partial charge is 0.241 e. The average Bonchev–Trinajstić information content (AvgIpc) is 2.52. The maximum Gasteiger partial charge on any atom is 0.241 e. The van der Waals surface area contributed by atoms with Crippen molar-refractivity contribution in [2.24, 2.45) is 0 Å². The predicted molar refractivity (Wildman–Crippen MR) is 82.5 cm³/mol. The topological polar surface area (TPSA) is 88.2 Å². The van der Waals surface area contributed by atoms with E-state index in [2.05, 4.69) is 15.0 Å². The third-order valence-electron chi connectivity index (χ3n) is 3.00. The first-order valence-corrected chi connectivity index (χ1v) is 8.19. The van der Waals surface area contributed by atoms with Gasteiger partial charge in [0.1, 0.15) is 0 Å². The minimum Gasteiger partial charge on any atom is -0.349 e. The third-order valence-corrected chi connectivity index (χ3v) is 4.56. The predicted octanol–water partition coefficient (Wildman–Crippen LogP) is 0.985. The van der Waals surface area contributed by atoms with Gasteiger partial charge in [0.2, 0.25) is 15.9 Å². The van der Waals surface area contributed by atoms with Crippen LogP contribution in [0.25, 0.3) is 0 Å². The lowest BCUT2D eigenvalue weighted by atomic mass is 10.2. The maximum atomic E-state index is 12.1. The maximum absolute atomic E-state index is 12.1. The largest absolute Gasteiger partial charge is 0.349 e. The summed E-state index contributed by atoms with van der Waals surface area (Å²) in [5.74, 6) is -0.414. The van der Waals surface area contributed by atoms with Crippen LogP contribution in [0.1, 0.15) is 11.3 Å². The highest BCUT2D eigenvalue weighted by molar-refractivity contribution is 7.89. The van der Waals surface area contributed by atoms with Crippen LogP contribution in [0.5, 0.6) is 0 Å². The molecule has 2 aromatic rings. The fourth-order valence-corrected chi connectivity index (χ4v) is 3.08. The summed E-state index contributed by atoms with van der Waals surface area (Å²) in [7, 11) is -3.70. The number of aromatic nitrogens is 1. The molecule has 0 bridgehead atoms. The quantitative estimate of drug-likeness (QED) is 0.831. The second kappa shape index (κ2) is 7.15. The number of amides is 1. The lowest BCUT2D eigenvalue weighted by Gasteiger charge is -2.09. The van der Waals surface area contributed by atoms with Crippen LogP contribution in [0.2, 0.25) is 0 Å². The molecule has 7 heteroatoms. The number of carbonyl (C=O) groups is 1. The van der Waals surface area contributed by atoms with E-state index in [1.807, 2.05) is 6.07 Å². The van der Waals surface area contributed by atoms with E-state index in [1.54, 1.807) is 43.5 Å². The van der Waals surface area contributed by atoms with Crippen LogP contribution in [-0.2, 0) is 21.4 Å². The Morgan fingerprint density at radius 3 is 2.55 bits per heavy atom. The van der Waals surface area contributed by atoms with Crippen LogP contribution < -0.4 is 10.0 Å². The van der Waals surface area contributed by atoms with Gasteiger partial charge >= 0.3 is 0 Å². The molecule has 0 aliphatic heterocycles. The number of rotatable bonds is 6. The van der Waals surface area contributed by atoms with E-state index in [9.17, 15) is 13.2 Å². The molecule has 1 heterocycles. The van der Waals surface area contributed by atoms with Crippen molar-refractivity contribution in [2.45, 2.75) is 18.4 Å². The van der Waals surface area contributed by atoms with Gasteiger partial charge in [-0.3, -0.25) is 9.78 Å². The van der Waals surface area contributed by atoms with Gasteiger partial charge in [-0.15, -0.1) is 0 Å². The molecular formula is C15H17N3O3S. The van der Waals surface area contributed by atoms with E-state index in [-0.39, 0.29) is 18.0 Å². The summed E-state index contributed by atoms with van der Waals surface area (Å²) in [6, 6.07) is 12.0. The standard InChI is InChI=1S/C15H17N3O3S/c1-12-6-2-3-8-14(12)22(20,21)18-11-15(19)17-10-13-7-4-5-9-16-13/h2-9,18H,10-11H2,1H3,(H,17,19). The molecule has 6 nitrogen and oxygen atoms in total. The summed E-state index contributed by atoms with van der Waals surface area (Å²) < 4.78 is 26.5. The van der Waals surface area contributed by atoms with Crippen LogP contribution in [0.4, 0.5) is 0 Å². The second-order valence-corrected chi connectivity index (χ2v) is 6.42. The Morgan fingerprint density at radius 2 is 1.86 bits per heavy atom. The molecule has 1 amide bonds. The molecule has 0 saturated heterocycles. The van der Waals surface area contributed by atoms with Gasteiger partial charge in [-0.1, -0.05) is 24.3 Å². The lowest BCUT2D eigenvalue weighted by molar-refractivity contribution is -0.120. The third kappa shape index (κ3) is 4.37. The summed E-state index contributed by atoms with van der Waals surface area (Å²) in [5, 5.41) is 2.61. The number of hydrogen-bond acceptors (Lipinski definition) is 4. The Hall–Kier alpha value is -2.25. The molecular weight excluding hydrogens is 302 g/mol. The Bertz CT molecular complexity index is 746. The Balaban J connectivity index is 1.89. The molecule has 0 spiro atoms. The molecule has 22 heavy (non-hydrogen) atoms. The molecule has 1 aromatic carbocycles. The molecule has 2 N–H and O–H groups in total. The summed E-state index contributed by atoms with van der Waals surface area (Å²) in [5.41, 5.74) is 1.33. The molecule has 1 aromatic heterocycles. The van der Waals surface area contributed by atoms with Gasteiger partial charge in [0.25, 0.3) is 0 Å². The van der Waals surface area contributed by atoms with Crippen molar-refractivity contribution in [1.82, 2.24) is 15.0 Å². The zero-order chi connectivity index (χ0) is 16.0. The number of nitrogens with one attached hydrogen (secondary N) is 2.